The van der Waals surface area contributed by atoms with Crippen LogP contribution in [0.4, 0.5) is 0 Å². The molecule has 43 heavy (non-hydrogen) atoms. The maximum atomic E-state index is 13.3. The van der Waals surface area contributed by atoms with Gasteiger partial charge >= 0.3 is 23.9 Å². The zero-order valence-corrected chi connectivity index (χ0v) is 26.1. The fourth-order valence-electron chi connectivity index (χ4n) is 6.32. The Bertz CT molecular complexity index is 1340. The first kappa shape index (κ1) is 33.4. The lowest BCUT2D eigenvalue weighted by molar-refractivity contribution is -0.156. The van der Waals surface area contributed by atoms with Gasteiger partial charge in [0, 0.05) is 0 Å². The fraction of sp³-hybridized carbons (Fsp3) is 0.405. The van der Waals surface area contributed by atoms with Gasteiger partial charge < -0.3 is 9.47 Å². The van der Waals surface area contributed by atoms with Crippen molar-refractivity contribution in [3.63, 3.8) is 0 Å². The molecule has 5 rings (SSSR count). The summed E-state index contributed by atoms with van der Waals surface area (Å²) in [6.45, 7) is 12.0. The lowest BCUT2D eigenvalue weighted by Gasteiger charge is -2.30. The third kappa shape index (κ3) is 7.67. The molecular formula is C37H44O6. The summed E-state index contributed by atoms with van der Waals surface area (Å²) in [5.41, 5.74) is 2.83. The van der Waals surface area contributed by atoms with Crippen molar-refractivity contribution in [2.75, 3.05) is 0 Å². The minimum absolute atomic E-state index is 0.0115. The van der Waals surface area contributed by atoms with E-state index < -0.39 is 53.5 Å². The van der Waals surface area contributed by atoms with Gasteiger partial charge in [-0.05, 0) is 47.3 Å². The summed E-state index contributed by atoms with van der Waals surface area (Å²) in [4.78, 5) is 52.3. The van der Waals surface area contributed by atoms with Crippen molar-refractivity contribution in [1.82, 2.24) is 0 Å². The second-order valence-corrected chi connectivity index (χ2v) is 10.7. The number of carbonyl (C=O) groups is 4. The van der Waals surface area contributed by atoms with E-state index in [0.29, 0.717) is 6.42 Å². The van der Waals surface area contributed by atoms with Crippen LogP contribution in [0.2, 0.25) is 0 Å². The summed E-state index contributed by atoms with van der Waals surface area (Å²) in [6, 6.07) is 28.8. The van der Waals surface area contributed by atoms with Crippen LogP contribution >= 0.6 is 0 Å². The van der Waals surface area contributed by atoms with E-state index in [1.165, 1.54) is 0 Å². The Morgan fingerprint density at radius 3 is 1.40 bits per heavy atom. The van der Waals surface area contributed by atoms with Gasteiger partial charge in [0.05, 0.1) is 23.7 Å². The van der Waals surface area contributed by atoms with Gasteiger partial charge in [-0.25, -0.2) is 0 Å². The Kier molecular flexibility index (Phi) is 12.4. The van der Waals surface area contributed by atoms with E-state index in [9.17, 15) is 19.2 Å². The molecule has 6 heteroatoms. The molecule has 0 N–H and O–H groups in total. The first-order chi connectivity index (χ1) is 20.8. The van der Waals surface area contributed by atoms with Crippen LogP contribution in [0.3, 0.4) is 0 Å². The van der Waals surface area contributed by atoms with Gasteiger partial charge in [-0.3, -0.25) is 19.2 Å². The summed E-state index contributed by atoms with van der Waals surface area (Å²) >= 11 is 0. The van der Waals surface area contributed by atoms with Crippen molar-refractivity contribution < 1.29 is 28.7 Å². The van der Waals surface area contributed by atoms with Crippen LogP contribution in [0, 0.1) is 23.7 Å². The van der Waals surface area contributed by atoms with Crippen molar-refractivity contribution in [1.29, 1.82) is 0 Å². The monoisotopic (exact) mass is 584 g/mol. The Labute approximate surface area is 255 Å². The molecule has 0 saturated carbocycles. The topological polar surface area (TPSA) is 86.7 Å². The van der Waals surface area contributed by atoms with Gasteiger partial charge in [0.1, 0.15) is 0 Å². The normalized spacial score (nSPS) is 23.1. The van der Waals surface area contributed by atoms with Crippen LogP contribution in [0.25, 0.3) is 0 Å². The predicted molar refractivity (Wildman–Crippen MR) is 167 cm³/mol. The molecule has 0 amide bonds. The third-order valence-corrected chi connectivity index (χ3v) is 8.43. The van der Waals surface area contributed by atoms with Crippen LogP contribution in [0.5, 0.6) is 0 Å². The van der Waals surface area contributed by atoms with Crippen molar-refractivity contribution in [3.8, 4) is 0 Å². The van der Waals surface area contributed by atoms with E-state index in [1.54, 1.807) is 0 Å². The average molecular weight is 585 g/mol. The van der Waals surface area contributed by atoms with Crippen molar-refractivity contribution >= 4 is 23.9 Å². The highest BCUT2D eigenvalue weighted by Crippen LogP contribution is 2.47. The molecule has 2 heterocycles. The van der Waals surface area contributed by atoms with E-state index in [0.717, 1.165) is 16.7 Å². The number of hydrogen-bond donors (Lipinski definition) is 0. The molecule has 6 nitrogen and oxygen atoms in total. The minimum Gasteiger partial charge on any atom is -0.393 e. The summed E-state index contributed by atoms with van der Waals surface area (Å²) in [5, 5.41) is 0. The molecule has 228 valence electrons. The van der Waals surface area contributed by atoms with Crippen LogP contribution in [0.1, 0.15) is 88.8 Å². The van der Waals surface area contributed by atoms with E-state index >= 15 is 0 Å². The van der Waals surface area contributed by atoms with Crippen LogP contribution in [-0.4, -0.2) is 23.9 Å². The molecule has 0 bridgehead atoms. The van der Waals surface area contributed by atoms with E-state index in [4.69, 9.17) is 9.47 Å². The molecule has 2 saturated heterocycles. The largest absolute Gasteiger partial charge is 0.393 e. The molecule has 3 aromatic carbocycles. The SMILES string of the molecule is CC.CC.CC(CC1C(=O)OC(=O)C1C(CC1C(=O)OC(=O)C1C(C)c1ccccc1)c1ccccc1)c1ccccc1. The quantitative estimate of drug-likeness (QED) is 0.188. The van der Waals surface area contributed by atoms with Gasteiger partial charge in [-0.15, -0.1) is 0 Å². The highest BCUT2D eigenvalue weighted by Gasteiger charge is 2.53. The van der Waals surface area contributed by atoms with Gasteiger partial charge in [0.2, 0.25) is 0 Å². The zero-order chi connectivity index (χ0) is 31.5. The van der Waals surface area contributed by atoms with Gasteiger partial charge in [-0.2, -0.15) is 0 Å². The molecular weight excluding hydrogens is 540 g/mol. The minimum atomic E-state index is -0.776. The molecule has 0 spiro atoms. The molecule has 2 aliphatic heterocycles. The van der Waals surface area contributed by atoms with Crippen LogP contribution in [0.15, 0.2) is 91.0 Å². The average Bonchev–Trinajstić information content (AvgIpc) is 3.49. The maximum absolute atomic E-state index is 13.3. The predicted octanol–water partition coefficient (Wildman–Crippen LogP) is 7.84. The number of ether oxygens (including phenoxy) is 2. The van der Waals surface area contributed by atoms with Crippen LogP contribution in [-0.2, 0) is 28.7 Å². The highest BCUT2D eigenvalue weighted by molar-refractivity contribution is 5.98. The Hall–Kier alpha value is -4.06. The second-order valence-electron chi connectivity index (χ2n) is 10.7. The molecule has 2 aliphatic rings. The van der Waals surface area contributed by atoms with E-state index in [2.05, 4.69) is 0 Å². The number of cyclic esters (lactones) is 4. The highest BCUT2D eigenvalue weighted by atomic mass is 16.6. The zero-order valence-electron chi connectivity index (χ0n) is 26.1. The molecule has 7 unspecified atom stereocenters. The lowest BCUT2D eigenvalue weighted by atomic mass is 9.69. The lowest BCUT2D eigenvalue weighted by Crippen LogP contribution is -2.31. The molecule has 2 fully saturated rings. The molecule has 7 atom stereocenters. The smallest absolute Gasteiger partial charge is 0.318 e. The molecule has 0 radical (unpaired) electrons. The standard InChI is InChI=1S/C33H32O6.2C2H6/c1-20(22-12-6-3-7-13-22)18-26-29(33(37)39-30(26)34)25(24-16-10-5-11-17-24)19-27-28(32(36)38-31(27)35)21(2)23-14-8-4-9-15-23;2*1-2/h3-17,20-21,25-29H,18-19H2,1-2H3;2*1-2H3. The first-order valence-electron chi connectivity index (χ1n) is 15.5. The van der Waals surface area contributed by atoms with Gasteiger partial charge in [0.15, 0.2) is 0 Å². The molecule has 0 aromatic heterocycles. The Balaban J connectivity index is 0.00000121. The van der Waals surface area contributed by atoms with Crippen molar-refractivity contribution in [2.45, 2.75) is 72.1 Å². The van der Waals surface area contributed by atoms with Crippen LogP contribution < -0.4 is 0 Å². The van der Waals surface area contributed by atoms with Gasteiger partial charge in [-0.1, -0.05) is 133 Å². The summed E-state index contributed by atoms with van der Waals surface area (Å²) < 4.78 is 10.4. The van der Waals surface area contributed by atoms with E-state index in [-0.39, 0.29) is 18.3 Å². The fourth-order valence-corrected chi connectivity index (χ4v) is 6.32. The van der Waals surface area contributed by atoms with Crippen molar-refractivity contribution in [3.05, 3.63) is 108 Å². The molecule has 0 aliphatic carbocycles. The van der Waals surface area contributed by atoms with E-state index in [1.807, 2.05) is 133 Å². The molecule has 3 aromatic rings. The maximum Gasteiger partial charge on any atom is 0.318 e. The Morgan fingerprint density at radius 1 is 0.512 bits per heavy atom. The summed E-state index contributed by atoms with van der Waals surface area (Å²) in [6.07, 6.45) is 0.625. The van der Waals surface area contributed by atoms with Gasteiger partial charge in [0.25, 0.3) is 0 Å². The first-order valence-corrected chi connectivity index (χ1v) is 15.5. The number of esters is 4. The second kappa shape index (κ2) is 16.0. The Morgan fingerprint density at radius 2 is 0.907 bits per heavy atom. The third-order valence-electron chi connectivity index (χ3n) is 8.43. The van der Waals surface area contributed by atoms with Crippen molar-refractivity contribution in [2.24, 2.45) is 23.7 Å². The summed E-state index contributed by atoms with van der Waals surface area (Å²) in [5.74, 6) is -5.90. The number of hydrogen-bond acceptors (Lipinski definition) is 6. The number of rotatable bonds is 9. The number of benzene rings is 3. The number of carbonyl (C=O) groups excluding carboxylic acids is 4. The summed E-state index contributed by atoms with van der Waals surface area (Å²) in [7, 11) is 0.